The largest absolute Gasteiger partial charge is 0.384 e. The summed E-state index contributed by atoms with van der Waals surface area (Å²) >= 11 is 0. The van der Waals surface area contributed by atoms with Gasteiger partial charge >= 0.3 is 0 Å². The minimum absolute atomic E-state index is 0.103. The first-order chi connectivity index (χ1) is 10.1. The predicted octanol–water partition coefficient (Wildman–Crippen LogP) is 2.81. The standard InChI is InChI=1S/C16H15F2N3/c17-12-5-4-10-6-7-21(14(10)8-12)9-11-2-1-3-13(15(11)18)16(19)20/h1-5,8H,6-7,9H2,(H3,19,20). The van der Waals surface area contributed by atoms with Gasteiger partial charge in [0.25, 0.3) is 0 Å². The third kappa shape index (κ3) is 2.46. The van der Waals surface area contributed by atoms with Gasteiger partial charge in [-0.05, 0) is 30.2 Å². The second-order valence-electron chi connectivity index (χ2n) is 5.14. The van der Waals surface area contributed by atoms with Gasteiger partial charge in [-0.2, -0.15) is 0 Å². The lowest BCUT2D eigenvalue weighted by molar-refractivity contribution is 0.602. The summed E-state index contributed by atoms with van der Waals surface area (Å²) in [5.74, 6) is -1.06. The number of hydrogen-bond acceptors (Lipinski definition) is 2. The van der Waals surface area contributed by atoms with Crippen LogP contribution in [-0.4, -0.2) is 12.4 Å². The second-order valence-corrected chi connectivity index (χ2v) is 5.14. The molecule has 0 spiro atoms. The first-order valence-corrected chi connectivity index (χ1v) is 6.71. The molecular formula is C16H15F2N3. The van der Waals surface area contributed by atoms with Crippen molar-refractivity contribution in [3.63, 3.8) is 0 Å². The highest BCUT2D eigenvalue weighted by Crippen LogP contribution is 2.30. The smallest absolute Gasteiger partial charge is 0.139 e. The number of hydrogen-bond donors (Lipinski definition) is 2. The zero-order chi connectivity index (χ0) is 15.0. The Hall–Kier alpha value is -2.43. The SMILES string of the molecule is N=C(N)c1cccc(CN2CCc3ccc(F)cc32)c1F. The third-order valence-electron chi connectivity index (χ3n) is 3.77. The van der Waals surface area contributed by atoms with E-state index in [-0.39, 0.29) is 17.2 Å². The van der Waals surface area contributed by atoms with Crippen molar-refractivity contribution in [3.05, 3.63) is 64.7 Å². The molecule has 0 saturated carbocycles. The van der Waals surface area contributed by atoms with E-state index >= 15 is 0 Å². The van der Waals surface area contributed by atoms with Crippen molar-refractivity contribution >= 4 is 11.5 Å². The van der Waals surface area contributed by atoms with Gasteiger partial charge in [-0.25, -0.2) is 8.78 Å². The summed E-state index contributed by atoms with van der Waals surface area (Å²) in [5.41, 5.74) is 7.81. The summed E-state index contributed by atoms with van der Waals surface area (Å²) in [5, 5.41) is 7.38. The highest BCUT2D eigenvalue weighted by atomic mass is 19.1. The molecule has 0 bridgehead atoms. The fourth-order valence-corrected chi connectivity index (χ4v) is 2.70. The van der Waals surface area contributed by atoms with Crippen molar-refractivity contribution in [2.75, 3.05) is 11.4 Å². The Bertz CT molecular complexity index is 713. The van der Waals surface area contributed by atoms with Crippen LogP contribution in [0.25, 0.3) is 0 Å². The highest BCUT2D eigenvalue weighted by molar-refractivity contribution is 5.95. The van der Waals surface area contributed by atoms with Gasteiger partial charge in [-0.3, -0.25) is 5.41 Å². The molecule has 2 aromatic carbocycles. The van der Waals surface area contributed by atoms with Crippen LogP contribution < -0.4 is 10.6 Å². The molecule has 0 unspecified atom stereocenters. The first-order valence-electron chi connectivity index (χ1n) is 6.71. The zero-order valence-electron chi connectivity index (χ0n) is 11.4. The summed E-state index contributed by atoms with van der Waals surface area (Å²) in [4.78, 5) is 1.95. The van der Waals surface area contributed by atoms with Gasteiger partial charge in [-0.15, -0.1) is 0 Å². The molecule has 21 heavy (non-hydrogen) atoms. The Labute approximate surface area is 121 Å². The van der Waals surface area contributed by atoms with Crippen LogP contribution in [0.15, 0.2) is 36.4 Å². The normalized spacial score (nSPS) is 13.3. The summed E-state index contributed by atoms with van der Waals surface area (Å²) in [6.07, 6.45) is 0.823. The van der Waals surface area contributed by atoms with Crippen molar-refractivity contribution in [3.8, 4) is 0 Å². The number of rotatable bonds is 3. The molecule has 1 aliphatic heterocycles. The molecule has 0 saturated heterocycles. The van der Waals surface area contributed by atoms with Gasteiger partial charge in [-0.1, -0.05) is 18.2 Å². The van der Waals surface area contributed by atoms with Crippen LogP contribution >= 0.6 is 0 Å². The van der Waals surface area contributed by atoms with Crippen LogP contribution in [0, 0.1) is 17.0 Å². The molecule has 0 aliphatic carbocycles. The monoisotopic (exact) mass is 287 g/mol. The fraction of sp³-hybridized carbons (Fsp3) is 0.188. The molecule has 0 radical (unpaired) electrons. The van der Waals surface area contributed by atoms with Crippen LogP contribution in [0.5, 0.6) is 0 Å². The number of nitrogens with two attached hydrogens (primary N) is 1. The Morgan fingerprint density at radius 3 is 2.81 bits per heavy atom. The molecule has 5 heteroatoms. The molecular weight excluding hydrogens is 272 g/mol. The van der Waals surface area contributed by atoms with Gasteiger partial charge in [0.1, 0.15) is 17.5 Å². The summed E-state index contributed by atoms with van der Waals surface area (Å²) < 4.78 is 27.7. The van der Waals surface area contributed by atoms with E-state index < -0.39 is 5.82 Å². The summed E-state index contributed by atoms with van der Waals surface area (Å²) in [6.45, 7) is 1.06. The molecule has 3 rings (SSSR count). The van der Waals surface area contributed by atoms with E-state index in [2.05, 4.69) is 0 Å². The number of nitrogens with zero attached hydrogens (tertiary/aromatic N) is 1. The molecule has 0 aromatic heterocycles. The predicted molar refractivity (Wildman–Crippen MR) is 78.6 cm³/mol. The fourth-order valence-electron chi connectivity index (χ4n) is 2.70. The van der Waals surface area contributed by atoms with E-state index in [1.165, 1.54) is 18.2 Å². The van der Waals surface area contributed by atoms with Gasteiger partial charge in [0.2, 0.25) is 0 Å². The van der Waals surface area contributed by atoms with E-state index in [1.54, 1.807) is 18.2 Å². The van der Waals surface area contributed by atoms with E-state index in [9.17, 15) is 8.78 Å². The molecule has 0 fully saturated rings. The molecule has 0 amide bonds. The lowest BCUT2D eigenvalue weighted by Crippen LogP contribution is -2.22. The number of nitrogens with one attached hydrogen (secondary N) is 1. The second kappa shape index (κ2) is 5.16. The van der Waals surface area contributed by atoms with Crippen molar-refractivity contribution in [2.45, 2.75) is 13.0 Å². The maximum Gasteiger partial charge on any atom is 0.139 e. The van der Waals surface area contributed by atoms with Crippen LogP contribution in [0.1, 0.15) is 16.7 Å². The minimum Gasteiger partial charge on any atom is -0.384 e. The van der Waals surface area contributed by atoms with Crippen LogP contribution in [0.3, 0.4) is 0 Å². The van der Waals surface area contributed by atoms with Crippen LogP contribution in [0.4, 0.5) is 14.5 Å². The van der Waals surface area contributed by atoms with Crippen molar-refractivity contribution in [1.82, 2.24) is 0 Å². The molecule has 3 N–H and O–H groups in total. The lowest BCUT2D eigenvalue weighted by Gasteiger charge is -2.20. The van der Waals surface area contributed by atoms with Crippen molar-refractivity contribution < 1.29 is 8.78 Å². The number of amidine groups is 1. The third-order valence-corrected chi connectivity index (χ3v) is 3.77. The number of benzene rings is 2. The lowest BCUT2D eigenvalue weighted by atomic mass is 10.1. The molecule has 1 aliphatic rings. The molecule has 108 valence electrons. The van der Waals surface area contributed by atoms with Gasteiger partial charge < -0.3 is 10.6 Å². The Morgan fingerprint density at radius 1 is 1.24 bits per heavy atom. The average Bonchev–Trinajstić information content (AvgIpc) is 2.83. The van der Waals surface area contributed by atoms with Gasteiger partial charge in [0.05, 0.1) is 5.56 Å². The quantitative estimate of drug-likeness (QED) is 0.673. The molecule has 1 heterocycles. The number of nitrogen functional groups attached to an aromatic ring is 1. The number of anilines is 1. The Kier molecular flexibility index (Phi) is 3.33. The highest BCUT2D eigenvalue weighted by Gasteiger charge is 2.21. The Balaban J connectivity index is 1.91. The first kappa shape index (κ1) is 13.5. The topological polar surface area (TPSA) is 53.1 Å². The average molecular weight is 287 g/mol. The Morgan fingerprint density at radius 2 is 2.05 bits per heavy atom. The van der Waals surface area contributed by atoms with E-state index in [4.69, 9.17) is 11.1 Å². The maximum atomic E-state index is 14.3. The molecule has 2 aromatic rings. The number of fused-ring (bicyclic) bond motifs is 1. The van der Waals surface area contributed by atoms with Crippen LogP contribution in [0.2, 0.25) is 0 Å². The van der Waals surface area contributed by atoms with E-state index in [1.807, 2.05) is 4.90 Å². The van der Waals surface area contributed by atoms with E-state index in [0.29, 0.717) is 12.1 Å². The summed E-state index contributed by atoms with van der Waals surface area (Å²) in [7, 11) is 0. The minimum atomic E-state index is -0.477. The van der Waals surface area contributed by atoms with E-state index in [0.717, 1.165) is 24.2 Å². The van der Waals surface area contributed by atoms with Gasteiger partial charge in [0.15, 0.2) is 0 Å². The van der Waals surface area contributed by atoms with Crippen molar-refractivity contribution in [2.24, 2.45) is 5.73 Å². The molecule has 0 atom stereocenters. The maximum absolute atomic E-state index is 14.3. The van der Waals surface area contributed by atoms with Gasteiger partial charge in [0, 0.05) is 24.3 Å². The molecule has 3 nitrogen and oxygen atoms in total. The number of halogens is 2. The summed E-state index contributed by atoms with van der Waals surface area (Å²) in [6, 6.07) is 9.52. The van der Waals surface area contributed by atoms with Crippen LogP contribution in [-0.2, 0) is 13.0 Å². The van der Waals surface area contributed by atoms with Crippen molar-refractivity contribution in [1.29, 1.82) is 5.41 Å². The zero-order valence-corrected chi connectivity index (χ0v) is 11.4.